The lowest BCUT2D eigenvalue weighted by molar-refractivity contribution is 0.117. The number of rotatable bonds is 6. The van der Waals surface area contributed by atoms with Crippen LogP contribution in [0.15, 0.2) is 30.3 Å². The number of thioether (sulfide) groups is 1. The van der Waals surface area contributed by atoms with E-state index in [2.05, 4.69) is 42.2 Å². The summed E-state index contributed by atoms with van der Waals surface area (Å²) in [6, 6.07) is 10.7. The SMILES string of the molecule is CCCN(Cc1ccccc1)C1(CN)CSC1. The first-order chi connectivity index (χ1) is 8.30. The number of benzene rings is 1. The Hall–Kier alpha value is -0.510. The molecule has 2 N–H and O–H groups in total. The molecule has 0 saturated carbocycles. The van der Waals surface area contributed by atoms with Crippen molar-refractivity contribution in [3.05, 3.63) is 35.9 Å². The Bertz CT molecular complexity index is 330. The van der Waals surface area contributed by atoms with Crippen LogP contribution in [0.4, 0.5) is 0 Å². The van der Waals surface area contributed by atoms with E-state index in [4.69, 9.17) is 5.73 Å². The predicted molar refractivity (Wildman–Crippen MR) is 76.3 cm³/mol. The molecular weight excluding hydrogens is 228 g/mol. The lowest BCUT2D eigenvalue weighted by Gasteiger charge is -2.49. The molecule has 1 aromatic carbocycles. The Morgan fingerprint density at radius 3 is 2.47 bits per heavy atom. The predicted octanol–water partition coefficient (Wildman–Crippen LogP) is 2.34. The summed E-state index contributed by atoms with van der Waals surface area (Å²) in [5.41, 5.74) is 7.65. The molecule has 0 unspecified atom stereocenters. The van der Waals surface area contributed by atoms with Gasteiger partial charge in [0.05, 0.1) is 5.54 Å². The van der Waals surface area contributed by atoms with Crippen LogP contribution in [0.2, 0.25) is 0 Å². The van der Waals surface area contributed by atoms with Crippen molar-refractivity contribution in [1.29, 1.82) is 0 Å². The van der Waals surface area contributed by atoms with E-state index in [0.717, 1.165) is 19.6 Å². The summed E-state index contributed by atoms with van der Waals surface area (Å²) < 4.78 is 0. The van der Waals surface area contributed by atoms with Crippen LogP contribution >= 0.6 is 11.8 Å². The molecule has 0 atom stereocenters. The van der Waals surface area contributed by atoms with Crippen LogP contribution in [0.5, 0.6) is 0 Å². The Balaban J connectivity index is 2.07. The number of hydrogen-bond donors (Lipinski definition) is 1. The summed E-state index contributed by atoms with van der Waals surface area (Å²) in [6.45, 7) is 5.21. The van der Waals surface area contributed by atoms with E-state index in [9.17, 15) is 0 Å². The van der Waals surface area contributed by atoms with Crippen molar-refractivity contribution >= 4 is 11.8 Å². The molecule has 17 heavy (non-hydrogen) atoms. The molecule has 1 aromatic rings. The average molecular weight is 250 g/mol. The molecule has 94 valence electrons. The van der Waals surface area contributed by atoms with Crippen LogP contribution in [0, 0.1) is 0 Å². The second-order valence-electron chi connectivity index (χ2n) is 4.83. The normalized spacial score (nSPS) is 18.1. The number of hydrogen-bond acceptors (Lipinski definition) is 3. The first-order valence-electron chi connectivity index (χ1n) is 6.37. The second kappa shape index (κ2) is 5.89. The van der Waals surface area contributed by atoms with Gasteiger partial charge in [0, 0.05) is 24.6 Å². The van der Waals surface area contributed by atoms with Crippen molar-refractivity contribution in [1.82, 2.24) is 4.90 Å². The van der Waals surface area contributed by atoms with Gasteiger partial charge >= 0.3 is 0 Å². The van der Waals surface area contributed by atoms with Gasteiger partial charge in [-0.25, -0.2) is 0 Å². The van der Waals surface area contributed by atoms with E-state index in [1.54, 1.807) is 0 Å². The van der Waals surface area contributed by atoms with E-state index in [1.807, 2.05) is 11.8 Å². The van der Waals surface area contributed by atoms with Gasteiger partial charge in [0.15, 0.2) is 0 Å². The van der Waals surface area contributed by atoms with Crippen molar-refractivity contribution in [3.63, 3.8) is 0 Å². The van der Waals surface area contributed by atoms with Gasteiger partial charge in [-0.15, -0.1) is 0 Å². The average Bonchev–Trinajstić information content (AvgIpc) is 2.30. The van der Waals surface area contributed by atoms with E-state index in [0.29, 0.717) is 0 Å². The standard InChI is InChI=1S/C14H22N2S/c1-2-8-16(14(10-15)11-17-12-14)9-13-6-4-3-5-7-13/h3-7H,2,8-12,15H2,1H3. The van der Waals surface area contributed by atoms with Crippen LogP contribution in [0.25, 0.3) is 0 Å². The molecule has 1 fully saturated rings. The summed E-state index contributed by atoms with van der Waals surface area (Å²) in [7, 11) is 0. The first-order valence-corrected chi connectivity index (χ1v) is 7.53. The second-order valence-corrected chi connectivity index (χ2v) is 5.81. The highest BCUT2D eigenvalue weighted by atomic mass is 32.2. The van der Waals surface area contributed by atoms with E-state index < -0.39 is 0 Å². The van der Waals surface area contributed by atoms with Crippen LogP contribution in [-0.4, -0.2) is 35.0 Å². The maximum Gasteiger partial charge on any atom is 0.0515 e. The third-order valence-electron chi connectivity index (χ3n) is 3.50. The lowest BCUT2D eigenvalue weighted by Crippen LogP contribution is -2.62. The van der Waals surface area contributed by atoms with Crippen LogP contribution < -0.4 is 5.73 Å². The van der Waals surface area contributed by atoms with Gasteiger partial charge in [-0.1, -0.05) is 37.3 Å². The molecule has 1 aliphatic rings. The summed E-state index contributed by atoms with van der Waals surface area (Å²) in [5, 5.41) is 0. The molecule has 0 aromatic heterocycles. The Labute approximate surface area is 109 Å². The zero-order valence-electron chi connectivity index (χ0n) is 10.6. The fraction of sp³-hybridized carbons (Fsp3) is 0.571. The van der Waals surface area contributed by atoms with Crippen LogP contribution in [0.3, 0.4) is 0 Å². The summed E-state index contributed by atoms with van der Waals surface area (Å²) in [5.74, 6) is 2.38. The quantitative estimate of drug-likeness (QED) is 0.840. The molecule has 0 amide bonds. The molecule has 1 saturated heterocycles. The first kappa shape index (κ1) is 12.9. The number of nitrogens with zero attached hydrogens (tertiary/aromatic N) is 1. The zero-order valence-corrected chi connectivity index (χ0v) is 11.4. The van der Waals surface area contributed by atoms with E-state index in [-0.39, 0.29) is 5.54 Å². The molecule has 1 heterocycles. The third-order valence-corrected chi connectivity index (χ3v) is 4.98. The highest BCUT2D eigenvalue weighted by Gasteiger charge is 2.41. The summed E-state index contributed by atoms with van der Waals surface area (Å²) in [4.78, 5) is 2.58. The molecule has 0 aliphatic carbocycles. The molecule has 0 bridgehead atoms. The van der Waals surface area contributed by atoms with E-state index in [1.165, 1.54) is 23.5 Å². The summed E-state index contributed by atoms with van der Waals surface area (Å²) >= 11 is 2.01. The molecule has 2 nitrogen and oxygen atoms in total. The molecule has 0 radical (unpaired) electrons. The van der Waals surface area contributed by atoms with Crippen LogP contribution in [-0.2, 0) is 6.54 Å². The van der Waals surface area contributed by atoms with Gasteiger partial charge in [0.2, 0.25) is 0 Å². The van der Waals surface area contributed by atoms with Crippen molar-refractivity contribution in [3.8, 4) is 0 Å². The molecule has 2 rings (SSSR count). The highest BCUT2D eigenvalue weighted by molar-refractivity contribution is 8.00. The van der Waals surface area contributed by atoms with Gasteiger partial charge in [-0.3, -0.25) is 4.90 Å². The Kier molecular flexibility index (Phi) is 4.48. The molecular formula is C14H22N2S. The molecule has 1 aliphatic heterocycles. The van der Waals surface area contributed by atoms with E-state index >= 15 is 0 Å². The maximum atomic E-state index is 6.00. The fourth-order valence-corrected chi connectivity index (χ4v) is 3.60. The smallest absolute Gasteiger partial charge is 0.0515 e. The highest BCUT2D eigenvalue weighted by Crippen LogP contribution is 2.35. The molecule has 3 heteroatoms. The minimum absolute atomic E-state index is 0.260. The maximum absolute atomic E-state index is 6.00. The summed E-state index contributed by atoms with van der Waals surface area (Å²) in [6.07, 6.45) is 1.19. The number of nitrogens with two attached hydrogens (primary N) is 1. The minimum atomic E-state index is 0.260. The van der Waals surface area contributed by atoms with Gasteiger partial charge in [-0.05, 0) is 18.5 Å². The lowest BCUT2D eigenvalue weighted by atomic mass is 9.99. The van der Waals surface area contributed by atoms with Crippen molar-refractivity contribution in [2.24, 2.45) is 5.73 Å². The minimum Gasteiger partial charge on any atom is -0.329 e. The van der Waals surface area contributed by atoms with Crippen LogP contribution in [0.1, 0.15) is 18.9 Å². The van der Waals surface area contributed by atoms with Crippen molar-refractivity contribution in [2.45, 2.75) is 25.4 Å². The van der Waals surface area contributed by atoms with Crippen molar-refractivity contribution in [2.75, 3.05) is 24.6 Å². The Morgan fingerprint density at radius 1 is 1.29 bits per heavy atom. The topological polar surface area (TPSA) is 29.3 Å². The molecule has 0 spiro atoms. The zero-order chi connectivity index (χ0) is 12.1. The van der Waals surface area contributed by atoms with Crippen molar-refractivity contribution < 1.29 is 0 Å². The Morgan fingerprint density at radius 2 is 2.00 bits per heavy atom. The van der Waals surface area contributed by atoms with Gasteiger partial charge in [0.25, 0.3) is 0 Å². The fourth-order valence-electron chi connectivity index (χ4n) is 2.32. The largest absolute Gasteiger partial charge is 0.329 e. The van der Waals surface area contributed by atoms with Gasteiger partial charge in [-0.2, -0.15) is 11.8 Å². The monoisotopic (exact) mass is 250 g/mol. The van der Waals surface area contributed by atoms with Gasteiger partial charge < -0.3 is 5.73 Å². The van der Waals surface area contributed by atoms with Gasteiger partial charge in [0.1, 0.15) is 0 Å². The third kappa shape index (κ3) is 2.84.